The van der Waals surface area contributed by atoms with Crippen LogP contribution in [0.15, 0.2) is 24.3 Å². The number of benzene rings is 1. The molecule has 0 unspecified atom stereocenters. The molecule has 0 aliphatic heterocycles. The van der Waals surface area contributed by atoms with Gasteiger partial charge in [-0.05, 0) is 12.5 Å². The zero-order valence-electron chi connectivity index (χ0n) is 12.5. The predicted octanol–water partition coefficient (Wildman–Crippen LogP) is 3.60. The van der Waals surface area contributed by atoms with Gasteiger partial charge in [0, 0.05) is 17.8 Å². The molecule has 1 rings (SSSR count). The van der Waals surface area contributed by atoms with Gasteiger partial charge < -0.3 is 15.2 Å². The molecule has 0 saturated carbocycles. The number of para-hydroxylation sites is 1. The number of aromatic carboxylic acids is 1. The van der Waals surface area contributed by atoms with Crippen molar-refractivity contribution in [1.29, 1.82) is 0 Å². The summed E-state index contributed by atoms with van der Waals surface area (Å²) in [5.41, 5.74) is 0.905. The summed E-state index contributed by atoms with van der Waals surface area (Å²) in [6, 6.07) is 6.91. The highest BCUT2D eigenvalue weighted by atomic mass is 16.4. The van der Waals surface area contributed by atoms with Gasteiger partial charge in [0.05, 0.1) is 5.97 Å². The minimum atomic E-state index is -1.12. The molecule has 0 radical (unpaired) electrons. The highest BCUT2D eigenvalue weighted by Crippen LogP contribution is 2.14. The molecule has 0 aromatic heterocycles. The van der Waals surface area contributed by atoms with Crippen molar-refractivity contribution in [3.8, 4) is 0 Å². The molecule has 0 amide bonds. The maximum atomic E-state index is 10.9. The number of carbonyl (C=O) groups is 1. The first-order valence-electron chi connectivity index (χ1n) is 7.80. The average Bonchev–Trinajstić information content (AvgIpc) is 2.46. The molecule has 0 bridgehead atoms. The molecule has 0 fully saturated rings. The van der Waals surface area contributed by atoms with Gasteiger partial charge in [-0.1, -0.05) is 70.1 Å². The first kappa shape index (κ1) is 16.5. The van der Waals surface area contributed by atoms with E-state index in [2.05, 4.69) is 12.2 Å². The van der Waals surface area contributed by atoms with E-state index in [4.69, 9.17) is 0 Å². The fourth-order valence-corrected chi connectivity index (χ4v) is 2.30. The van der Waals surface area contributed by atoms with Gasteiger partial charge >= 0.3 is 0 Å². The summed E-state index contributed by atoms with van der Waals surface area (Å²) in [5.74, 6) is -1.12. The van der Waals surface area contributed by atoms with Crippen LogP contribution >= 0.6 is 0 Å². The molecule has 1 N–H and O–H groups in total. The Morgan fingerprint density at radius 1 is 1.00 bits per heavy atom. The lowest BCUT2D eigenvalue weighted by Crippen LogP contribution is -2.23. The summed E-state index contributed by atoms with van der Waals surface area (Å²) in [6.45, 7) is 3.05. The molecule has 0 aliphatic rings. The second-order valence-electron chi connectivity index (χ2n) is 5.23. The number of nitrogens with one attached hydrogen (secondary N) is 1. The van der Waals surface area contributed by atoms with Gasteiger partial charge in [0.15, 0.2) is 0 Å². The van der Waals surface area contributed by atoms with Crippen molar-refractivity contribution in [2.24, 2.45) is 0 Å². The van der Waals surface area contributed by atoms with Gasteiger partial charge in [-0.2, -0.15) is 0 Å². The molecule has 3 heteroatoms. The van der Waals surface area contributed by atoms with Crippen LogP contribution in [0, 0.1) is 0 Å². The van der Waals surface area contributed by atoms with E-state index in [1.54, 1.807) is 18.2 Å². The standard InChI is InChI=1S/C17H27NO2/c1-2-3-4-5-6-7-8-11-14-18-16-13-10-9-12-15(16)17(19)20/h9-10,12-13,18H,2-8,11,14H2,1H3,(H,19,20)/p-1. The summed E-state index contributed by atoms with van der Waals surface area (Å²) >= 11 is 0. The zero-order valence-corrected chi connectivity index (χ0v) is 12.5. The van der Waals surface area contributed by atoms with Crippen molar-refractivity contribution in [3.05, 3.63) is 29.8 Å². The minimum absolute atomic E-state index is 0.243. The van der Waals surface area contributed by atoms with Crippen LogP contribution in [0.2, 0.25) is 0 Å². The summed E-state index contributed by atoms with van der Waals surface area (Å²) in [4.78, 5) is 10.9. The second kappa shape index (κ2) is 10.3. The monoisotopic (exact) mass is 276 g/mol. The Bertz CT molecular complexity index is 390. The van der Waals surface area contributed by atoms with E-state index in [-0.39, 0.29) is 5.56 Å². The van der Waals surface area contributed by atoms with E-state index >= 15 is 0 Å². The van der Waals surface area contributed by atoms with Crippen molar-refractivity contribution in [2.45, 2.75) is 58.3 Å². The molecule has 3 nitrogen and oxygen atoms in total. The molecule has 0 spiro atoms. The van der Waals surface area contributed by atoms with E-state index in [9.17, 15) is 9.90 Å². The van der Waals surface area contributed by atoms with Crippen LogP contribution in [0.5, 0.6) is 0 Å². The summed E-state index contributed by atoms with van der Waals surface area (Å²) in [6.07, 6.45) is 10.2. The number of carbonyl (C=O) groups excluding carboxylic acids is 1. The number of carboxylic acids is 1. The molecule has 20 heavy (non-hydrogen) atoms. The highest BCUT2D eigenvalue weighted by Gasteiger charge is 2.01. The topological polar surface area (TPSA) is 52.2 Å². The Morgan fingerprint density at radius 2 is 1.60 bits per heavy atom. The maximum Gasteiger partial charge on any atom is 0.0736 e. The van der Waals surface area contributed by atoms with Crippen LogP contribution in [-0.2, 0) is 0 Å². The molecule has 0 heterocycles. The molecule has 1 aromatic carbocycles. The van der Waals surface area contributed by atoms with Crippen molar-refractivity contribution in [1.82, 2.24) is 0 Å². The minimum Gasteiger partial charge on any atom is -0.545 e. The first-order valence-corrected chi connectivity index (χ1v) is 7.80. The van der Waals surface area contributed by atoms with Gasteiger partial charge in [0.1, 0.15) is 0 Å². The summed E-state index contributed by atoms with van der Waals surface area (Å²) in [5, 5.41) is 14.1. The van der Waals surface area contributed by atoms with Crippen LogP contribution in [0.1, 0.15) is 68.6 Å². The highest BCUT2D eigenvalue weighted by molar-refractivity contribution is 5.92. The molecule has 1 aromatic rings. The van der Waals surface area contributed by atoms with Crippen molar-refractivity contribution in [2.75, 3.05) is 11.9 Å². The van der Waals surface area contributed by atoms with Gasteiger partial charge in [-0.15, -0.1) is 0 Å². The summed E-state index contributed by atoms with van der Waals surface area (Å²) < 4.78 is 0. The first-order chi connectivity index (χ1) is 9.75. The molecule has 0 aliphatic carbocycles. The van der Waals surface area contributed by atoms with E-state index < -0.39 is 5.97 Å². The van der Waals surface area contributed by atoms with Crippen LogP contribution in [0.25, 0.3) is 0 Å². The van der Waals surface area contributed by atoms with Crippen LogP contribution in [0.3, 0.4) is 0 Å². The molecule has 0 atom stereocenters. The Balaban J connectivity index is 2.11. The lowest BCUT2D eigenvalue weighted by atomic mass is 10.1. The maximum absolute atomic E-state index is 10.9. The molecule has 112 valence electrons. The Kier molecular flexibility index (Phi) is 8.52. The number of rotatable bonds is 11. The second-order valence-corrected chi connectivity index (χ2v) is 5.23. The van der Waals surface area contributed by atoms with E-state index in [0.717, 1.165) is 13.0 Å². The van der Waals surface area contributed by atoms with Gasteiger partial charge in [0.25, 0.3) is 0 Å². The number of carboxylic acid groups (broad SMARTS) is 1. The van der Waals surface area contributed by atoms with Crippen LogP contribution in [0.4, 0.5) is 5.69 Å². The lowest BCUT2D eigenvalue weighted by molar-refractivity contribution is -0.254. The molecule has 0 saturated heterocycles. The normalized spacial score (nSPS) is 10.4. The van der Waals surface area contributed by atoms with Gasteiger partial charge in [-0.3, -0.25) is 0 Å². The molecular weight excluding hydrogens is 250 g/mol. The molecular formula is C17H26NO2-. The van der Waals surface area contributed by atoms with Gasteiger partial charge in [-0.25, -0.2) is 0 Å². The average molecular weight is 276 g/mol. The number of hydrogen-bond donors (Lipinski definition) is 1. The zero-order chi connectivity index (χ0) is 14.6. The van der Waals surface area contributed by atoms with E-state index in [1.807, 2.05) is 6.07 Å². The van der Waals surface area contributed by atoms with Crippen molar-refractivity contribution >= 4 is 11.7 Å². The third-order valence-corrected chi connectivity index (χ3v) is 3.49. The SMILES string of the molecule is CCCCCCCCCCNc1ccccc1C(=O)[O-]. The Morgan fingerprint density at radius 3 is 2.25 bits per heavy atom. The number of hydrogen-bond acceptors (Lipinski definition) is 3. The fourth-order valence-electron chi connectivity index (χ4n) is 2.30. The van der Waals surface area contributed by atoms with Crippen LogP contribution < -0.4 is 10.4 Å². The Labute approximate surface area is 122 Å². The fraction of sp³-hybridized carbons (Fsp3) is 0.588. The third-order valence-electron chi connectivity index (χ3n) is 3.49. The van der Waals surface area contributed by atoms with E-state index in [0.29, 0.717) is 5.69 Å². The van der Waals surface area contributed by atoms with Crippen molar-refractivity contribution in [3.63, 3.8) is 0 Å². The quantitative estimate of drug-likeness (QED) is 0.628. The predicted molar refractivity (Wildman–Crippen MR) is 81.9 cm³/mol. The van der Waals surface area contributed by atoms with Crippen molar-refractivity contribution < 1.29 is 9.90 Å². The number of anilines is 1. The third kappa shape index (κ3) is 6.60. The smallest absolute Gasteiger partial charge is 0.0736 e. The number of unbranched alkanes of at least 4 members (excludes halogenated alkanes) is 7. The van der Waals surface area contributed by atoms with E-state index in [1.165, 1.54) is 44.9 Å². The summed E-state index contributed by atoms with van der Waals surface area (Å²) in [7, 11) is 0. The Hall–Kier alpha value is -1.51. The van der Waals surface area contributed by atoms with Gasteiger partial charge in [0.2, 0.25) is 0 Å². The lowest BCUT2D eigenvalue weighted by Gasteiger charge is -2.12. The largest absolute Gasteiger partial charge is 0.545 e. The van der Waals surface area contributed by atoms with Crippen LogP contribution in [-0.4, -0.2) is 12.5 Å².